The van der Waals surface area contributed by atoms with E-state index in [1.807, 2.05) is 0 Å². The van der Waals surface area contributed by atoms with E-state index in [4.69, 9.17) is 4.84 Å². The lowest BCUT2D eigenvalue weighted by Gasteiger charge is -2.08. The molecule has 1 aromatic carbocycles. The van der Waals surface area contributed by atoms with Crippen molar-refractivity contribution in [2.45, 2.75) is 13.3 Å². The van der Waals surface area contributed by atoms with Crippen LogP contribution in [0.15, 0.2) is 48.2 Å². The van der Waals surface area contributed by atoms with Gasteiger partial charge in [-0.2, -0.15) is 4.73 Å². The highest BCUT2D eigenvalue weighted by atomic mass is 32.1. The van der Waals surface area contributed by atoms with E-state index in [1.54, 1.807) is 42.8 Å². The van der Waals surface area contributed by atoms with E-state index < -0.39 is 12.4 Å². The number of aromatic nitrogens is 4. The summed E-state index contributed by atoms with van der Waals surface area (Å²) in [6, 6.07) is 6.48. The predicted molar refractivity (Wildman–Crippen MR) is 95.7 cm³/mol. The van der Waals surface area contributed by atoms with Gasteiger partial charge in [0.05, 0.1) is 17.4 Å². The molecular formula is C18H12F2N4O2S. The van der Waals surface area contributed by atoms with E-state index in [0.717, 1.165) is 10.9 Å². The predicted octanol–water partition coefficient (Wildman–Crippen LogP) is 4.07. The van der Waals surface area contributed by atoms with Crippen LogP contribution in [0, 0.1) is 6.92 Å². The number of alkyl halides is 2. The molecule has 3 heterocycles. The van der Waals surface area contributed by atoms with Gasteiger partial charge in [0.15, 0.2) is 10.8 Å². The van der Waals surface area contributed by atoms with Crippen LogP contribution in [0.2, 0.25) is 0 Å². The van der Waals surface area contributed by atoms with Crippen LogP contribution in [0.1, 0.15) is 28.0 Å². The van der Waals surface area contributed by atoms with Crippen LogP contribution in [-0.2, 0) is 0 Å². The Labute approximate surface area is 156 Å². The number of rotatable bonds is 4. The van der Waals surface area contributed by atoms with Crippen LogP contribution in [0.5, 0.6) is 0 Å². The molecule has 0 saturated carbocycles. The topological polar surface area (TPSA) is 69.9 Å². The Morgan fingerprint density at radius 1 is 1.26 bits per heavy atom. The standard InChI is InChI=1S/C18H12F2N4O2S/c1-10-12(8-22-16(23-10)17-21-6-7-27-17)18(25)26-24-9-13(15(19)20)11-4-2-3-5-14(11)24/h2-9,15H,1H3. The summed E-state index contributed by atoms with van der Waals surface area (Å²) < 4.78 is 27.5. The molecule has 0 radical (unpaired) electrons. The summed E-state index contributed by atoms with van der Waals surface area (Å²) in [7, 11) is 0. The lowest BCUT2D eigenvalue weighted by atomic mass is 10.2. The molecule has 9 heteroatoms. The average Bonchev–Trinajstić information content (AvgIpc) is 3.30. The minimum absolute atomic E-state index is 0.145. The van der Waals surface area contributed by atoms with Gasteiger partial charge in [-0.25, -0.2) is 28.5 Å². The number of para-hydroxylation sites is 1. The molecule has 6 nitrogen and oxygen atoms in total. The summed E-state index contributed by atoms with van der Waals surface area (Å²) in [5, 5.41) is 2.76. The molecule has 3 aromatic heterocycles. The maximum Gasteiger partial charge on any atom is 0.366 e. The molecule has 0 fully saturated rings. The number of aryl methyl sites for hydroxylation is 1. The number of carbonyl (C=O) groups excluding carboxylic acids is 1. The number of benzene rings is 1. The van der Waals surface area contributed by atoms with Gasteiger partial charge in [0.1, 0.15) is 5.56 Å². The largest absolute Gasteiger partial charge is 0.366 e. The molecule has 27 heavy (non-hydrogen) atoms. The van der Waals surface area contributed by atoms with Gasteiger partial charge in [-0.1, -0.05) is 18.2 Å². The Bertz CT molecular complexity index is 1130. The molecule has 0 atom stereocenters. The van der Waals surface area contributed by atoms with E-state index in [1.165, 1.54) is 17.5 Å². The van der Waals surface area contributed by atoms with Crippen molar-refractivity contribution in [3.63, 3.8) is 0 Å². The van der Waals surface area contributed by atoms with Crippen molar-refractivity contribution in [3.8, 4) is 10.8 Å². The van der Waals surface area contributed by atoms with Crippen molar-refractivity contribution in [1.29, 1.82) is 0 Å². The van der Waals surface area contributed by atoms with E-state index in [9.17, 15) is 13.6 Å². The third-order valence-corrected chi connectivity index (χ3v) is 4.72. The van der Waals surface area contributed by atoms with Gasteiger partial charge >= 0.3 is 5.97 Å². The van der Waals surface area contributed by atoms with Crippen LogP contribution in [0.3, 0.4) is 0 Å². The van der Waals surface area contributed by atoms with E-state index in [2.05, 4.69) is 15.0 Å². The third-order valence-electron chi connectivity index (χ3n) is 3.95. The zero-order valence-electron chi connectivity index (χ0n) is 14.0. The summed E-state index contributed by atoms with van der Waals surface area (Å²) in [6.07, 6.45) is 1.42. The van der Waals surface area contributed by atoms with Crippen molar-refractivity contribution < 1.29 is 18.4 Å². The molecule has 0 aliphatic heterocycles. The highest BCUT2D eigenvalue weighted by Gasteiger charge is 2.20. The Balaban J connectivity index is 1.66. The normalized spacial score (nSPS) is 11.3. The summed E-state index contributed by atoms with van der Waals surface area (Å²) in [5.74, 6) is -0.329. The van der Waals surface area contributed by atoms with Crippen LogP contribution >= 0.6 is 11.3 Å². The molecular weight excluding hydrogens is 374 g/mol. The monoisotopic (exact) mass is 386 g/mol. The minimum atomic E-state index is -2.68. The van der Waals surface area contributed by atoms with Crippen molar-refractivity contribution >= 4 is 28.2 Å². The fourth-order valence-electron chi connectivity index (χ4n) is 2.67. The Kier molecular flexibility index (Phi) is 4.36. The molecule has 0 unspecified atom stereocenters. The Hall–Kier alpha value is -3.20. The first kappa shape index (κ1) is 17.2. The summed E-state index contributed by atoms with van der Waals surface area (Å²) in [5.41, 5.74) is 0.724. The highest BCUT2D eigenvalue weighted by Crippen LogP contribution is 2.29. The van der Waals surface area contributed by atoms with Gasteiger partial charge < -0.3 is 4.84 Å². The molecule has 0 N–H and O–H groups in total. The molecule has 0 aliphatic rings. The maximum atomic E-state index is 13.2. The Morgan fingerprint density at radius 3 is 2.78 bits per heavy atom. The quantitative estimate of drug-likeness (QED) is 0.529. The first-order valence-corrected chi connectivity index (χ1v) is 8.77. The molecule has 0 amide bonds. The molecule has 4 aromatic rings. The zero-order chi connectivity index (χ0) is 19.0. The maximum absolute atomic E-state index is 13.2. The van der Waals surface area contributed by atoms with Crippen LogP contribution in [-0.4, -0.2) is 25.7 Å². The van der Waals surface area contributed by atoms with Gasteiger partial charge in [-0.15, -0.1) is 11.3 Å². The second-order valence-corrected chi connectivity index (χ2v) is 6.53. The Morgan fingerprint density at radius 2 is 2.07 bits per heavy atom. The number of halogens is 2. The van der Waals surface area contributed by atoms with Crippen molar-refractivity contribution in [1.82, 2.24) is 19.7 Å². The zero-order valence-corrected chi connectivity index (χ0v) is 14.8. The molecule has 0 bridgehead atoms. The van der Waals surface area contributed by atoms with Crippen LogP contribution in [0.4, 0.5) is 8.78 Å². The number of hydrogen-bond donors (Lipinski definition) is 0. The third kappa shape index (κ3) is 3.17. The van der Waals surface area contributed by atoms with Gasteiger partial charge in [0, 0.05) is 28.7 Å². The first-order chi connectivity index (χ1) is 13.0. The van der Waals surface area contributed by atoms with Crippen molar-refractivity contribution in [2.75, 3.05) is 0 Å². The molecule has 136 valence electrons. The minimum Gasteiger partial charge on any atom is -0.331 e. The second-order valence-electron chi connectivity index (χ2n) is 5.64. The van der Waals surface area contributed by atoms with Crippen LogP contribution < -0.4 is 4.84 Å². The van der Waals surface area contributed by atoms with Gasteiger partial charge in [-0.3, -0.25) is 0 Å². The van der Waals surface area contributed by atoms with Crippen LogP contribution in [0.25, 0.3) is 21.7 Å². The fourth-order valence-corrected chi connectivity index (χ4v) is 3.24. The fraction of sp³-hybridized carbons (Fsp3) is 0.111. The molecule has 4 rings (SSSR count). The second kappa shape index (κ2) is 6.84. The highest BCUT2D eigenvalue weighted by molar-refractivity contribution is 7.12. The summed E-state index contributed by atoms with van der Waals surface area (Å²) in [6.45, 7) is 1.65. The smallest absolute Gasteiger partial charge is 0.331 e. The lowest BCUT2D eigenvalue weighted by Crippen LogP contribution is -2.20. The first-order valence-electron chi connectivity index (χ1n) is 7.89. The van der Waals surface area contributed by atoms with Crippen molar-refractivity contribution in [3.05, 3.63) is 65.1 Å². The number of carbonyl (C=O) groups is 1. The molecule has 0 aliphatic carbocycles. The van der Waals surface area contributed by atoms with Gasteiger partial charge in [0.25, 0.3) is 6.43 Å². The molecule has 0 spiro atoms. The molecule has 0 saturated heterocycles. The lowest BCUT2D eigenvalue weighted by molar-refractivity contribution is 0.0476. The SMILES string of the molecule is Cc1nc(-c2nccs2)ncc1C(=O)On1cc(C(F)F)c2ccccc21. The van der Waals surface area contributed by atoms with E-state index >= 15 is 0 Å². The number of nitrogens with zero attached hydrogens (tertiary/aromatic N) is 4. The summed E-state index contributed by atoms with van der Waals surface area (Å²) >= 11 is 1.38. The number of thiazole rings is 1. The average molecular weight is 386 g/mol. The number of hydrogen-bond acceptors (Lipinski definition) is 6. The van der Waals surface area contributed by atoms with Crippen molar-refractivity contribution in [2.24, 2.45) is 0 Å². The van der Waals surface area contributed by atoms with Gasteiger partial charge in [0.2, 0.25) is 0 Å². The van der Waals surface area contributed by atoms with E-state index in [0.29, 0.717) is 27.4 Å². The van der Waals surface area contributed by atoms with Gasteiger partial charge in [-0.05, 0) is 13.0 Å². The van der Waals surface area contributed by atoms with E-state index in [-0.39, 0.29) is 11.1 Å². The number of fused-ring (bicyclic) bond motifs is 1. The summed E-state index contributed by atoms with van der Waals surface area (Å²) in [4.78, 5) is 30.4.